The summed E-state index contributed by atoms with van der Waals surface area (Å²) in [4.78, 5) is 24.3. The zero-order valence-corrected chi connectivity index (χ0v) is 13.2. The van der Waals surface area contributed by atoms with Crippen molar-refractivity contribution in [3.63, 3.8) is 0 Å². The van der Waals surface area contributed by atoms with Crippen molar-refractivity contribution >= 4 is 11.9 Å². The van der Waals surface area contributed by atoms with Crippen LogP contribution in [0.3, 0.4) is 0 Å². The summed E-state index contributed by atoms with van der Waals surface area (Å²) in [5.41, 5.74) is 0.0465. The fraction of sp³-hybridized carbons (Fsp3) is 0.500. The number of esters is 1. The molecule has 0 radical (unpaired) electrons. The first-order valence-electron chi connectivity index (χ1n) is 6.85. The van der Waals surface area contributed by atoms with Gasteiger partial charge in [0, 0.05) is 7.11 Å². The Kier molecular flexibility index (Phi) is 5.90. The smallest absolute Gasteiger partial charge is 0.333 e. The van der Waals surface area contributed by atoms with Gasteiger partial charge in [-0.25, -0.2) is 4.79 Å². The Morgan fingerprint density at radius 1 is 1.14 bits per heavy atom. The Morgan fingerprint density at radius 3 is 2.19 bits per heavy atom. The van der Waals surface area contributed by atoms with Crippen LogP contribution in [0, 0.1) is 0 Å². The third kappa shape index (κ3) is 5.55. The van der Waals surface area contributed by atoms with Crippen LogP contribution in [0.25, 0.3) is 0 Å². The molecule has 0 heterocycles. The number of rotatable bonds is 5. The van der Waals surface area contributed by atoms with Gasteiger partial charge in [-0.1, -0.05) is 30.3 Å². The van der Waals surface area contributed by atoms with E-state index in [1.807, 2.05) is 6.07 Å². The molecule has 116 valence electrons. The van der Waals surface area contributed by atoms with Crippen LogP contribution in [0.4, 0.5) is 0 Å². The summed E-state index contributed by atoms with van der Waals surface area (Å²) in [6, 6.07) is 8.14. The summed E-state index contributed by atoms with van der Waals surface area (Å²) >= 11 is 0. The number of methoxy groups -OCH3 is 1. The second kappa shape index (κ2) is 7.22. The molecule has 5 nitrogen and oxygen atoms in total. The molecule has 1 N–H and O–H groups in total. The average molecular weight is 293 g/mol. The summed E-state index contributed by atoms with van der Waals surface area (Å²) in [6.45, 7) is 6.97. The van der Waals surface area contributed by atoms with Crippen molar-refractivity contribution in [2.75, 3.05) is 7.11 Å². The van der Waals surface area contributed by atoms with Crippen LogP contribution < -0.4 is 5.32 Å². The molecule has 0 aliphatic heterocycles. The van der Waals surface area contributed by atoms with Crippen molar-refractivity contribution in [3.05, 3.63) is 35.9 Å². The second-order valence-electron chi connectivity index (χ2n) is 5.76. The largest absolute Gasteiger partial charge is 0.458 e. The van der Waals surface area contributed by atoms with Gasteiger partial charge in [-0.05, 0) is 33.3 Å². The monoisotopic (exact) mass is 293 g/mol. The molecule has 0 aromatic heterocycles. The van der Waals surface area contributed by atoms with Gasteiger partial charge in [0.05, 0.1) is 0 Å². The van der Waals surface area contributed by atoms with Crippen molar-refractivity contribution in [3.8, 4) is 0 Å². The maximum absolute atomic E-state index is 12.3. The van der Waals surface area contributed by atoms with E-state index in [1.165, 1.54) is 7.11 Å². The van der Waals surface area contributed by atoms with Crippen LogP contribution in [-0.4, -0.2) is 30.7 Å². The molecule has 5 heteroatoms. The fourth-order valence-electron chi connectivity index (χ4n) is 1.65. The van der Waals surface area contributed by atoms with E-state index in [4.69, 9.17) is 9.47 Å². The molecular weight excluding hydrogens is 270 g/mol. The first-order chi connectivity index (χ1) is 9.74. The van der Waals surface area contributed by atoms with Gasteiger partial charge in [0.15, 0.2) is 6.04 Å². The molecule has 0 saturated heterocycles. The molecular formula is C16H23NO4. The summed E-state index contributed by atoms with van der Waals surface area (Å²) in [7, 11) is 1.44. The fourth-order valence-corrected chi connectivity index (χ4v) is 1.65. The number of carbonyl (C=O) groups is 2. The van der Waals surface area contributed by atoms with Gasteiger partial charge in [0.1, 0.15) is 11.7 Å². The number of benzene rings is 1. The predicted octanol–water partition coefficient (Wildman–Crippen LogP) is 2.22. The number of nitrogens with one attached hydrogen (secondary N) is 1. The lowest BCUT2D eigenvalue weighted by atomic mass is 10.1. The van der Waals surface area contributed by atoms with Crippen molar-refractivity contribution in [2.45, 2.75) is 45.4 Å². The Hall–Kier alpha value is -1.88. The normalized spacial score (nSPS) is 14.1. The quantitative estimate of drug-likeness (QED) is 0.845. The zero-order chi connectivity index (χ0) is 16.0. The van der Waals surface area contributed by atoms with Crippen LogP contribution in [0.5, 0.6) is 0 Å². The van der Waals surface area contributed by atoms with Crippen LogP contribution in [0.1, 0.15) is 39.3 Å². The Morgan fingerprint density at radius 2 is 1.71 bits per heavy atom. The van der Waals surface area contributed by atoms with E-state index < -0.39 is 23.7 Å². The molecule has 1 amide bonds. The average Bonchev–Trinajstić information content (AvgIpc) is 2.42. The van der Waals surface area contributed by atoms with Gasteiger partial charge in [0.2, 0.25) is 5.91 Å². The molecule has 0 spiro atoms. The molecule has 0 aliphatic rings. The number of hydrogen-bond donors (Lipinski definition) is 1. The second-order valence-corrected chi connectivity index (χ2v) is 5.76. The van der Waals surface area contributed by atoms with Gasteiger partial charge in [-0.15, -0.1) is 0 Å². The molecule has 1 unspecified atom stereocenters. The summed E-state index contributed by atoms with van der Waals surface area (Å²) in [5, 5.41) is 2.67. The van der Waals surface area contributed by atoms with E-state index in [9.17, 15) is 9.59 Å². The lowest BCUT2D eigenvalue weighted by Crippen LogP contribution is -2.42. The lowest BCUT2D eigenvalue weighted by molar-refractivity contribution is -0.159. The van der Waals surface area contributed by atoms with Crippen LogP contribution >= 0.6 is 0 Å². The summed E-state index contributed by atoms with van der Waals surface area (Å²) in [5.74, 6) is -0.859. The summed E-state index contributed by atoms with van der Waals surface area (Å²) < 4.78 is 10.3. The third-order valence-corrected chi connectivity index (χ3v) is 2.78. The van der Waals surface area contributed by atoms with Gasteiger partial charge >= 0.3 is 5.97 Å². The number of ether oxygens (including phenoxy) is 2. The molecule has 1 aromatic carbocycles. The molecule has 0 aliphatic carbocycles. The van der Waals surface area contributed by atoms with Gasteiger partial charge in [-0.3, -0.25) is 4.79 Å². The highest BCUT2D eigenvalue weighted by Gasteiger charge is 2.29. The minimum Gasteiger partial charge on any atom is -0.458 e. The molecule has 0 saturated carbocycles. The lowest BCUT2D eigenvalue weighted by Gasteiger charge is -2.25. The molecule has 21 heavy (non-hydrogen) atoms. The van der Waals surface area contributed by atoms with Crippen molar-refractivity contribution in [1.82, 2.24) is 5.32 Å². The first-order valence-corrected chi connectivity index (χ1v) is 6.85. The Bertz CT molecular complexity index is 479. The topological polar surface area (TPSA) is 64.6 Å². The van der Waals surface area contributed by atoms with E-state index in [0.717, 1.165) is 0 Å². The SMILES string of the molecule is COC(C)C(=O)N[C@H](C(=O)OC(C)(C)C)c1ccccc1. The van der Waals surface area contributed by atoms with E-state index >= 15 is 0 Å². The van der Waals surface area contributed by atoms with Crippen molar-refractivity contribution in [1.29, 1.82) is 0 Å². The van der Waals surface area contributed by atoms with Crippen molar-refractivity contribution in [2.24, 2.45) is 0 Å². The number of carbonyl (C=O) groups excluding carboxylic acids is 2. The molecule has 0 bridgehead atoms. The Labute approximate surface area is 125 Å². The minimum absolute atomic E-state index is 0.364. The maximum Gasteiger partial charge on any atom is 0.333 e. The third-order valence-electron chi connectivity index (χ3n) is 2.78. The van der Waals surface area contributed by atoms with Crippen LogP contribution in [0.15, 0.2) is 30.3 Å². The molecule has 1 rings (SSSR count). The zero-order valence-electron chi connectivity index (χ0n) is 13.2. The van der Waals surface area contributed by atoms with Crippen molar-refractivity contribution < 1.29 is 19.1 Å². The highest BCUT2D eigenvalue weighted by molar-refractivity contribution is 5.87. The van der Waals surface area contributed by atoms with Gasteiger partial charge in [-0.2, -0.15) is 0 Å². The maximum atomic E-state index is 12.3. The van der Waals surface area contributed by atoms with E-state index in [-0.39, 0.29) is 5.91 Å². The molecule has 2 atom stereocenters. The highest BCUT2D eigenvalue weighted by atomic mass is 16.6. The minimum atomic E-state index is -0.851. The van der Waals surface area contributed by atoms with Crippen LogP contribution in [0.2, 0.25) is 0 Å². The highest BCUT2D eigenvalue weighted by Crippen LogP contribution is 2.18. The van der Waals surface area contributed by atoms with Crippen LogP contribution in [-0.2, 0) is 19.1 Å². The van der Waals surface area contributed by atoms with E-state index in [0.29, 0.717) is 5.56 Å². The molecule has 1 aromatic rings. The number of amides is 1. The standard InChI is InChI=1S/C16H23NO4/c1-11(20-5)14(18)17-13(12-9-7-6-8-10-12)15(19)21-16(2,3)4/h6-11,13H,1-5H3,(H,17,18)/t11?,13-/m0/s1. The van der Waals surface area contributed by atoms with E-state index in [2.05, 4.69) is 5.32 Å². The summed E-state index contributed by atoms with van der Waals surface area (Å²) in [6.07, 6.45) is -0.640. The molecule has 0 fully saturated rings. The number of hydrogen-bond acceptors (Lipinski definition) is 4. The first kappa shape index (κ1) is 17.2. The van der Waals surface area contributed by atoms with Gasteiger partial charge in [0.25, 0.3) is 0 Å². The van der Waals surface area contributed by atoms with Gasteiger partial charge < -0.3 is 14.8 Å². The predicted molar refractivity (Wildman–Crippen MR) is 79.6 cm³/mol. The Balaban J connectivity index is 2.96. The van der Waals surface area contributed by atoms with E-state index in [1.54, 1.807) is 52.0 Å².